The van der Waals surface area contributed by atoms with Crippen molar-refractivity contribution in [3.8, 4) is 5.75 Å². The van der Waals surface area contributed by atoms with Gasteiger partial charge in [-0.15, -0.1) is 0 Å². The lowest BCUT2D eigenvalue weighted by Crippen LogP contribution is -2.31. The molecule has 1 fully saturated rings. The number of benzene rings is 2. The summed E-state index contributed by atoms with van der Waals surface area (Å²) in [6.07, 6.45) is 0.953. The van der Waals surface area contributed by atoms with Crippen LogP contribution in [0, 0.1) is 12.8 Å². The minimum absolute atomic E-state index is 0.0661. The van der Waals surface area contributed by atoms with Gasteiger partial charge in [0.2, 0.25) is 10.0 Å². The van der Waals surface area contributed by atoms with Gasteiger partial charge >= 0.3 is 0 Å². The highest BCUT2D eigenvalue weighted by molar-refractivity contribution is 7.89. The fourth-order valence-corrected chi connectivity index (χ4v) is 4.70. The van der Waals surface area contributed by atoms with Gasteiger partial charge in [0.15, 0.2) is 0 Å². The molecule has 1 atom stereocenters. The van der Waals surface area contributed by atoms with Crippen molar-refractivity contribution in [2.45, 2.75) is 18.2 Å². The zero-order valence-corrected chi connectivity index (χ0v) is 18.8. The van der Waals surface area contributed by atoms with E-state index >= 15 is 0 Å². The molecule has 2 N–H and O–H groups in total. The van der Waals surface area contributed by atoms with Crippen LogP contribution in [-0.4, -0.2) is 48.1 Å². The lowest BCUT2D eigenvalue weighted by molar-refractivity contribution is 0.0948. The Morgan fingerprint density at radius 2 is 2.03 bits per heavy atom. The number of anilines is 1. The Kier molecular flexibility index (Phi) is 6.90. The third-order valence-electron chi connectivity index (χ3n) is 5.33. The van der Waals surface area contributed by atoms with Crippen LogP contribution in [0.2, 0.25) is 5.02 Å². The Labute approximate surface area is 182 Å². The number of hydrogen-bond donors (Lipinski definition) is 2. The van der Waals surface area contributed by atoms with Crippen molar-refractivity contribution in [2.24, 2.45) is 5.92 Å². The number of halogens is 1. The maximum atomic E-state index is 12.6. The van der Waals surface area contributed by atoms with Gasteiger partial charge in [-0.25, -0.2) is 13.1 Å². The SMILES string of the molecule is CNS(=O)(=O)c1cc(C(=O)NCC2CCN(c3cc(Cl)ccc3C)C2)ccc1OC. The quantitative estimate of drug-likeness (QED) is 0.675. The fourth-order valence-electron chi connectivity index (χ4n) is 3.62. The summed E-state index contributed by atoms with van der Waals surface area (Å²) in [5.74, 6) is 0.165. The highest BCUT2D eigenvalue weighted by Gasteiger charge is 2.25. The number of aryl methyl sites for hydroxylation is 1. The summed E-state index contributed by atoms with van der Waals surface area (Å²) < 4.78 is 31.8. The van der Waals surface area contributed by atoms with Crippen molar-refractivity contribution in [3.05, 3.63) is 52.5 Å². The Bertz CT molecular complexity index is 1040. The molecule has 0 spiro atoms. The van der Waals surface area contributed by atoms with Crippen molar-refractivity contribution >= 4 is 33.2 Å². The molecule has 1 aliphatic heterocycles. The molecular formula is C21H26ClN3O4S. The van der Waals surface area contributed by atoms with Gasteiger partial charge in [-0.2, -0.15) is 0 Å². The molecule has 1 heterocycles. The van der Waals surface area contributed by atoms with Crippen LogP contribution in [0.15, 0.2) is 41.3 Å². The standard InChI is InChI=1S/C21H26ClN3O4S/c1-14-4-6-17(22)11-18(14)25-9-8-15(13-25)12-24-21(26)16-5-7-19(29-3)20(10-16)30(27,28)23-2/h4-7,10-11,15,23H,8-9,12-13H2,1-3H3,(H,24,26). The van der Waals surface area contributed by atoms with Gasteiger partial charge < -0.3 is 15.0 Å². The predicted octanol–water partition coefficient (Wildman–Crippen LogP) is 2.82. The molecule has 0 radical (unpaired) electrons. The number of methoxy groups -OCH3 is 1. The molecule has 2 aromatic rings. The lowest BCUT2D eigenvalue weighted by Gasteiger charge is -2.21. The second-order valence-corrected chi connectivity index (χ2v) is 9.61. The van der Waals surface area contributed by atoms with Crippen LogP contribution in [0.3, 0.4) is 0 Å². The summed E-state index contributed by atoms with van der Waals surface area (Å²) in [6, 6.07) is 10.2. The van der Waals surface area contributed by atoms with E-state index in [1.54, 1.807) is 6.07 Å². The third-order valence-corrected chi connectivity index (χ3v) is 7.00. The normalized spacial score (nSPS) is 16.5. The Morgan fingerprint density at radius 1 is 1.27 bits per heavy atom. The van der Waals surface area contributed by atoms with E-state index in [4.69, 9.17) is 16.3 Å². The summed E-state index contributed by atoms with van der Waals surface area (Å²) in [6.45, 7) is 4.29. The molecule has 1 amide bonds. The van der Waals surface area contributed by atoms with Crippen LogP contribution in [-0.2, 0) is 10.0 Å². The number of nitrogens with one attached hydrogen (secondary N) is 2. The van der Waals surface area contributed by atoms with Gasteiger partial charge in [-0.05, 0) is 62.2 Å². The molecule has 9 heteroatoms. The number of rotatable bonds is 7. The summed E-state index contributed by atoms with van der Waals surface area (Å²) in [7, 11) is -1.04. The number of carbonyl (C=O) groups is 1. The minimum Gasteiger partial charge on any atom is -0.495 e. The first kappa shape index (κ1) is 22.4. The predicted molar refractivity (Wildman–Crippen MR) is 118 cm³/mol. The van der Waals surface area contributed by atoms with Crippen LogP contribution in [0.4, 0.5) is 5.69 Å². The molecule has 1 unspecified atom stereocenters. The van der Waals surface area contributed by atoms with Crippen LogP contribution in [0.1, 0.15) is 22.3 Å². The molecule has 0 aliphatic carbocycles. The van der Waals surface area contributed by atoms with E-state index in [1.165, 1.54) is 31.9 Å². The molecule has 1 aliphatic rings. The summed E-state index contributed by atoms with van der Waals surface area (Å²) in [5, 5.41) is 3.63. The highest BCUT2D eigenvalue weighted by Crippen LogP contribution is 2.29. The number of nitrogens with zero attached hydrogens (tertiary/aromatic N) is 1. The van der Waals surface area contributed by atoms with Crippen molar-refractivity contribution in [3.63, 3.8) is 0 Å². The number of carbonyl (C=O) groups excluding carboxylic acids is 1. The van der Waals surface area contributed by atoms with Crippen molar-refractivity contribution in [1.82, 2.24) is 10.0 Å². The summed E-state index contributed by atoms with van der Waals surface area (Å²) in [4.78, 5) is 14.8. The molecule has 0 saturated carbocycles. The van der Waals surface area contributed by atoms with E-state index in [2.05, 4.69) is 21.9 Å². The topological polar surface area (TPSA) is 87.7 Å². The van der Waals surface area contributed by atoms with Gasteiger partial charge in [0, 0.05) is 35.9 Å². The van der Waals surface area contributed by atoms with Crippen molar-refractivity contribution < 1.29 is 17.9 Å². The van der Waals surface area contributed by atoms with E-state index in [-0.39, 0.29) is 22.1 Å². The zero-order chi connectivity index (χ0) is 21.9. The van der Waals surface area contributed by atoms with E-state index in [0.29, 0.717) is 17.5 Å². The lowest BCUT2D eigenvalue weighted by atomic mass is 10.1. The highest BCUT2D eigenvalue weighted by atomic mass is 35.5. The average molecular weight is 452 g/mol. The summed E-state index contributed by atoms with van der Waals surface area (Å²) >= 11 is 6.14. The molecule has 30 heavy (non-hydrogen) atoms. The average Bonchev–Trinajstić information content (AvgIpc) is 3.22. The number of amides is 1. The maximum Gasteiger partial charge on any atom is 0.251 e. The zero-order valence-electron chi connectivity index (χ0n) is 17.2. The Balaban J connectivity index is 1.65. The van der Waals surface area contributed by atoms with Crippen LogP contribution in [0.25, 0.3) is 0 Å². The van der Waals surface area contributed by atoms with Crippen LogP contribution < -0.4 is 19.7 Å². The van der Waals surface area contributed by atoms with E-state index in [9.17, 15) is 13.2 Å². The first-order valence-corrected chi connectivity index (χ1v) is 11.5. The van der Waals surface area contributed by atoms with Gasteiger partial charge in [0.1, 0.15) is 10.6 Å². The molecule has 0 bridgehead atoms. The molecule has 0 aromatic heterocycles. The summed E-state index contributed by atoms with van der Waals surface area (Å²) in [5.41, 5.74) is 2.55. The van der Waals surface area contributed by atoms with Crippen LogP contribution in [0.5, 0.6) is 5.75 Å². The second-order valence-electron chi connectivity index (χ2n) is 7.31. The fraction of sp³-hybridized carbons (Fsp3) is 0.381. The molecule has 162 valence electrons. The number of hydrogen-bond acceptors (Lipinski definition) is 5. The second kappa shape index (κ2) is 9.24. The van der Waals surface area contributed by atoms with E-state index < -0.39 is 10.0 Å². The van der Waals surface area contributed by atoms with Crippen molar-refractivity contribution in [1.29, 1.82) is 0 Å². The number of ether oxygens (including phenoxy) is 1. The van der Waals surface area contributed by atoms with Gasteiger partial charge in [0.05, 0.1) is 7.11 Å². The molecule has 1 saturated heterocycles. The molecular weight excluding hydrogens is 426 g/mol. The van der Waals surface area contributed by atoms with Gasteiger partial charge in [0.25, 0.3) is 5.91 Å². The van der Waals surface area contributed by atoms with Gasteiger partial charge in [-0.1, -0.05) is 17.7 Å². The van der Waals surface area contributed by atoms with E-state index in [0.717, 1.165) is 25.2 Å². The van der Waals surface area contributed by atoms with Crippen molar-refractivity contribution in [2.75, 3.05) is 38.7 Å². The Morgan fingerprint density at radius 3 is 2.73 bits per heavy atom. The smallest absolute Gasteiger partial charge is 0.251 e. The third kappa shape index (κ3) is 4.88. The molecule has 2 aromatic carbocycles. The largest absolute Gasteiger partial charge is 0.495 e. The molecule has 7 nitrogen and oxygen atoms in total. The Hall–Kier alpha value is -2.29. The van der Waals surface area contributed by atoms with E-state index in [1.807, 2.05) is 18.2 Å². The molecule has 3 rings (SSSR count). The number of sulfonamides is 1. The first-order chi connectivity index (χ1) is 14.2. The first-order valence-electron chi connectivity index (χ1n) is 9.66. The van der Waals surface area contributed by atoms with Gasteiger partial charge in [-0.3, -0.25) is 4.79 Å². The maximum absolute atomic E-state index is 12.6. The monoisotopic (exact) mass is 451 g/mol. The van der Waals surface area contributed by atoms with Crippen LogP contribution >= 0.6 is 11.6 Å². The minimum atomic E-state index is -3.75.